The van der Waals surface area contributed by atoms with Crippen molar-refractivity contribution in [3.05, 3.63) is 87.9 Å². The van der Waals surface area contributed by atoms with Crippen LogP contribution in [-0.2, 0) is 16.0 Å². The van der Waals surface area contributed by atoms with Crippen LogP contribution < -0.4 is 14.4 Å². The molecular formula is C29H23ClN2O5S. The lowest BCUT2D eigenvalue weighted by Gasteiger charge is -2.23. The zero-order chi connectivity index (χ0) is 26.6. The number of nitrogens with zero attached hydrogens (tertiary/aromatic N) is 2. The van der Waals surface area contributed by atoms with Crippen LogP contribution in [-0.4, -0.2) is 34.5 Å². The molecule has 2 aliphatic heterocycles. The monoisotopic (exact) mass is 546 g/mol. The van der Waals surface area contributed by atoms with E-state index in [2.05, 4.69) is 4.98 Å². The van der Waals surface area contributed by atoms with E-state index in [0.717, 1.165) is 16.0 Å². The summed E-state index contributed by atoms with van der Waals surface area (Å²) in [7, 11) is 0. The molecule has 3 heterocycles. The van der Waals surface area contributed by atoms with E-state index in [-0.39, 0.29) is 17.4 Å². The van der Waals surface area contributed by atoms with Gasteiger partial charge < -0.3 is 14.6 Å². The highest BCUT2D eigenvalue weighted by molar-refractivity contribution is 7.22. The summed E-state index contributed by atoms with van der Waals surface area (Å²) in [6, 6.07) is 16.8. The molecule has 4 aromatic rings. The van der Waals surface area contributed by atoms with Gasteiger partial charge in [-0.1, -0.05) is 35.1 Å². The molecule has 0 spiro atoms. The number of carbonyl (C=O) groups excluding carboxylic acids is 2. The van der Waals surface area contributed by atoms with Crippen LogP contribution in [0.5, 0.6) is 11.5 Å². The topological polar surface area (TPSA) is 89.0 Å². The Morgan fingerprint density at radius 1 is 1.16 bits per heavy atom. The van der Waals surface area contributed by atoms with Gasteiger partial charge in [-0.2, -0.15) is 0 Å². The lowest BCUT2D eigenvalue weighted by molar-refractivity contribution is -0.132. The Hall–Kier alpha value is -3.88. The Kier molecular flexibility index (Phi) is 6.08. The van der Waals surface area contributed by atoms with Crippen LogP contribution in [0.25, 0.3) is 16.0 Å². The fourth-order valence-electron chi connectivity index (χ4n) is 4.97. The zero-order valence-electron chi connectivity index (χ0n) is 20.6. The van der Waals surface area contributed by atoms with E-state index in [1.807, 2.05) is 38.1 Å². The lowest BCUT2D eigenvalue weighted by atomic mass is 9.94. The van der Waals surface area contributed by atoms with Crippen molar-refractivity contribution in [1.82, 2.24) is 4.98 Å². The third kappa shape index (κ3) is 4.10. The van der Waals surface area contributed by atoms with E-state index in [1.165, 1.54) is 16.2 Å². The molecule has 7 nitrogen and oxygen atoms in total. The quantitative estimate of drug-likeness (QED) is 0.179. The van der Waals surface area contributed by atoms with E-state index >= 15 is 0 Å². The van der Waals surface area contributed by atoms with Crippen LogP contribution >= 0.6 is 22.9 Å². The number of hydrogen-bond acceptors (Lipinski definition) is 7. The van der Waals surface area contributed by atoms with Crippen LogP contribution in [0.1, 0.15) is 36.6 Å². The molecule has 0 unspecified atom stereocenters. The number of carbonyl (C=O) groups is 2. The fraction of sp³-hybridized carbons (Fsp3) is 0.207. The summed E-state index contributed by atoms with van der Waals surface area (Å²) in [5, 5.41) is 12.3. The molecule has 38 heavy (non-hydrogen) atoms. The predicted molar refractivity (Wildman–Crippen MR) is 147 cm³/mol. The van der Waals surface area contributed by atoms with Gasteiger partial charge in [0.1, 0.15) is 23.4 Å². The Balaban J connectivity index is 1.50. The third-order valence-corrected chi connectivity index (χ3v) is 7.93. The largest absolute Gasteiger partial charge is 0.507 e. The van der Waals surface area contributed by atoms with Crippen LogP contribution in [0.2, 0.25) is 5.02 Å². The van der Waals surface area contributed by atoms with Crippen LogP contribution in [0.15, 0.2) is 66.2 Å². The summed E-state index contributed by atoms with van der Waals surface area (Å²) in [5.74, 6) is -0.325. The SMILES string of the molecule is CCOc1ccc2nc(N3C(=O)C(=O)C(=C(O)c4ccc5c(c4)C[C@H](C)O5)[C@H]3c3ccc(Cl)cc3)sc2c1. The standard InChI is InChI=1S/C29H23ClN2O5S/c1-3-36-20-9-10-21-23(14-20)38-29(31-21)32-25(16-4-7-19(30)8-5-16)24(27(34)28(32)35)26(33)17-6-11-22-18(13-17)12-15(2)37-22/h4-11,13-15,25,33H,3,12H2,1-2H3/t15-,25+/m0/s1. The first kappa shape index (κ1) is 24.5. The minimum Gasteiger partial charge on any atom is -0.507 e. The minimum absolute atomic E-state index is 0.00139. The number of anilines is 1. The normalized spacial score (nSPS) is 20.1. The number of halogens is 1. The van der Waals surface area contributed by atoms with Crippen molar-refractivity contribution < 1.29 is 24.2 Å². The lowest BCUT2D eigenvalue weighted by Crippen LogP contribution is -2.29. The third-order valence-electron chi connectivity index (χ3n) is 6.67. The molecular weight excluding hydrogens is 524 g/mol. The van der Waals surface area contributed by atoms with Gasteiger partial charge in [0.2, 0.25) is 0 Å². The van der Waals surface area contributed by atoms with Crippen LogP contribution in [0.4, 0.5) is 5.13 Å². The van der Waals surface area contributed by atoms with Crippen molar-refractivity contribution in [3.63, 3.8) is 0 Å². The van der Waals surface area contributed by atoms with Gasteiger partial charge in [-0.05, 0) is 73.5 Å². The average molecular weight is 547 g/mol. The Labute approximate surface area is 227 Å². The van der Waals surface area contributed by atoms with Crippen LogP contribution in [0.3, 0.4) is 0 Å². The second-order valence-electron chi connectivity index (χ2n) is 9.23. The molecule has 0 aliphatic carbocycles. The number of amides is 1. The van der Waals surface area contributed by atoms with E-state index in [1.54, 1.807) is 36.4 Å². The predicted octanol–water partition coefficient (Wildman–Crippen LogP) is 6.30. The number of fused-ring (bicyclic) bond motifs is 2. The molecule has 9 heteroatoms. The van der Waals surface area contributed by atoms with Gasteiger partial charge in [-0.3, -0.25) is 14.5 Å². The Morgan fingerprint density at radius 3 is 2.71 bits per heavy atom. The number of benzene rings is 3. The van der Waals surface area contributed by atoms with Crippen molar-refractivity contribution >= 4 is 55.7 Å². The molecule has 0 radical (unpaired) electrons. The second kappa shape index (κ2) is 9.45. The van der Waals surface area contributed by atoms with Crippen molar-refractivity contribution in [3.8, 4) is 11.5 Å². The van der Waals surface area contributed by atoms with Gasteiger partial charge in [0.05, 0.1) is 28.4 Å². The van der Waals surface area contributed by atoms with Gasteiger partial charge in [0.25, 0.3) is 5.78 Å². The van der Waals surface area contributed by atoms with Gasteiger partial charge in [0, 0.05) is 17.0 Å². The minimum atomic E-state index is -0.886. The summed E-state index contributed by atoms with van der Waals surface area (Å²) in [4.78, 5) is 33.0. The molecule has 2 atom stereocenters. The molecule has 6 rings (SSSR count). The maximum atomic E-state index is 13.5. The zero-order valence-corrected chi connectivity index (χ0v) is 22.2. The highest BCUT2D eigenvalue weighted by Gasteiger charge is 2.48. The van der Waals surface area contributed by atoms with Crippen molar-refractivity contribution in [2.24, 2.45) is 0 Å². The molecule has 0 bridgehead atoms. The number of hydrogen-bond donors (Lipinski definition) is 1. The van der Waals surface area contributed by atoms with Gasteiger partial charge in [0.15, 0.2) is 5.13 Å². The summed E-state index contributed by atoms with van der Waals surface area (Å²) < 4.78 is 12.2. The number of thiazole rings is 1. The molecule has 3 aromatic carbocycles. The fourth-order valence-corrected chi connectivity index (χ4v) is 6.11. The highest BCUT2D eigenvalue weighted by atomic mass is 35.5. The van der Waals surface area contributed by atoms with Crippen molar-refractivity contribution in [1.29, 1.82) is 0 Å². The number of aliphatic hydroxyl groups excluding tert-OH is 1. The van der Waals surface area contributed by atoms with Gasteiger partial charge >= 0.3 is 5.91 Å². The number of aliphatic hydroxyl groups is 1. The summed E-state index contributed by atoms with van der Waals surface area (Å²) in [6.45, 7) is 4.40. The maximum Gasteiger partial charge on any atom is 0.301 e. The summed E-state index contributed by atoms with van der Waals surface area (Å²) >= 11 is 7.42. The van der Waals surface area contributed by atoms with E-state index in [0.29, 0.717) is 45.6 Å². The van der Waals surface area contributed by atoms with E-state index < -0.39 is 17.7 Å². The molecule has 0 saturated carbocycles. The van der Waals surface area contributed by atoms with Crippen LogP contribution in [0, 0.1) is 0 Å². The number of aromatic nitrogens is 1. The maximum absolute atomic E-state index is 13.5. The van der Waals surface area contributed by atoms with Crippen molar-refractivity contribution in [2.75, 3.05) is 11.5 Å². The van der Waals surface area contributed by atoms with Gasteiger partial charge in [-0.25, -0.2) is 4.98 Å². The first-order valence-electron chi connectivity index (χ1n) is 12.2. The molecule has 192 valence electrons. The van der Waals surface area contributed by atoms with E-state index in [9.17, 15) is 14.7 Å². The highest BCUT2D eigenvalue weighted by Crippen LogP contribution is 2.45. The molecule has 1 aromatic heterocycles. The number of ether oxygens (including phenoxy) is 2. The molecule has 1 saturated heterocycles. The summed E-state index contributed by atoms with van der Waals surface area (Å²) in [5.41, 5.74) is 2.69. The Bertz CT molecular complexity index is 1630. The molecule has 1 N–H and O–H groups in total. The number of ketones is 1. The number of rotatable bonds is 5. The van der Waals surface area contributed by atoms with Crippen molar-refractivity contribution in [2.45, 2.75) is 32.4 Å². The molecule has 1 fully saturated rings. The molecule has 1 amide bonds. The first-order chi connectivity index (χ1) is 18.3. The second-order valence-corrected chi connectivity index (χ2v) is 10.7. The number of Topliss-reactive ketones (excluding diaryl/α,β-unsaturated/α-hetero) is 1. The van der Waals surface area contributed by atoms with Gasteiger partial charge in [-0.15, -0.1) is 0 Å². The smallest absolute Gasteiger partial charge is 0.301 e. The average Bonchev–Trinajstić information content (AvgIpc) is 3.56. The summed E-state index contributed by atoms with van der Waals surface area (Å²) in [6.07, 6.45) is 0.727. The Morgan fingerprint density at radius 2 is 1.95 bits per heavy atom. The van der Waals surface area contributed by atoms with E-state index in [4.69, 9.17) is 21.1 Å². The molecule has 2 aliphatic rings. The first-order valence-corrected chi connectivity index (χ1v) is 13.4.